The molecule has 3 atom stereocenters. The Labute approximate surface area is 363 Å². The molecule has 2 heterocycles. The summed E-state index contributed by atoms with van der Waals surface area (Å²) >= 11 is 0. The first kappa shape index (κ1) is 36.0. The van der Waals surface area contributed by atoms with Crippen LogP contribution in [0.4, 0.5) is 11.4 Å². The molecule has 1 aliphatic heterocycles. The molecular weight excluding hydrogens is 749 g/mol. The molecule has 12 rings (SSSR count). The van der Waals surface area contributed by atoms with Crippen molar-refractivity contribution < 1.29 is 0 Å². The van der Waals surface area contributed by atoms with Crippen LogP contribution in [-0.2, 0) is 0 Å². The Kier molecular flexibility index (Phi) is 8.72. The summed E-state index contributed by atoms with van der Waals surface area (Å²) in [5.74, 6) is 0.495. The molecule has 1 aromatic heterocycles. The molecule has 0 saturated heterocycles. The zero-order valence-corrected chi connectivity index (χ0v) is 34.2. The second-order valence-corrected chi connectivity index (χ2v) is 16.7. The van der Waals surface area contributed by atoms with Gasteiger partial charge in [-0.2, -0.15) is 0 Å². The highest BCUT2D eigenvalue weighted by molar-refractivity contribution is 6.10. The predicted octanol–water partition coefficient (Wildman–Crippen LogP) is 15.0. The lowest BCUT2D eigenvalue weighted by Crippen LogP contribution is -2.29. The lowest BCUT2D eigenvalue weighted by molar-refractivity contribution is 0.739. The number of hydrogen-bond donors (Lipinski definition) is 0. The average molecular weight is 791 g/mol. The standard InChI is InChI=1S/C60H42N2/c1-5-15-41(16-6-1)48-35-49(42-17-7-2-8-18-42)37-50(36-48)47-31-34-60-56(40-47)55-39-46(30-33-59(55)62(60)52-21-11-4-12-22-52)44-27-25-43(26-28-44)45-29-32-58-54(38-45)53-23-13-14-24-57(53)61(58)51-19-9-3-10-20-51/h1-9,11-19,21-34,36-40,48,56,60H,35H2. The third kappa shape index (κ3) is 6.21. The first-order valence-corrected chi connectivity index (χ1v) is 21.7. The number of anilines is 2. The van der Waals surface area contributed by atoms with Crippen molar-refractivity contribution in [3.8, 4) is 27.9 Å². The number of hydrogen-bond acceptors (Lipinski definition) is 1. The maximum atomic E-state index is 3.32. The monoisotopic (exact) mass is 790 g/mol. The van der Waals surface area contributed by atoms with E-state index in [1.54, 1.807) is 0 Å². The van der Waals surface area contributed by atoms with Gasteiger partial charge in [-0.1, -0.05) is 176 Å². The van der Waals surface area contributed by atoms with Crippen LogP contribution in [0.1, 0.15) is 34.9 Å². The van der Waals surface area contributed by atoms with Crippen molar-refractivity contribution in [3.63, 3.8) is 0 Å². The maximum Gasteiger partial charge on any atom is 0.0973 e. The molecule has 2 heteroatoms. The van der Waals surface area contributed by atoms with Gasteiger partial charge in [0.05, 0.1) is 22.8 Å². The SMILES string of the molecule is c1cccc(-n2c3ccccc3c3cc(-c4ccc(-c5ccc6c(c5)C5C=C(C7=CC(c8ccccc8)CC(c8ccccc8)=C7)C=CC5N6c5ccccc5)cc4)ccc32)c#1. The van der Waals surface area contributed by atoms with Crippen molar-refractivity contribution in [3.05, 3.63) is 264 Å². The molecule has 0 saturated carbocycles. The summed E-state index contributed by atoms with van der Waals surface area (Å²) in [5.41, 5.74) is 18.7. The van der Waals surface area contributed by atoms with E-state index in [4.69, 9.17) is 0 Å². The molecule has 2 nitrogen and oxygen atoms in total. The minimum Gasteiger partial charge on any atom is -0.333 e. The third-order valence-electron chi connectivity index (χ3n) is 13.1. The van der Waals surface area contributed by atoms with Crippen molar-refractivity contribution in [1.29, 1.82) is 0 Å². The average Bonchev–Trinajstić information content (AvgIpc) is 3.87. The Morgan fingerprint density at radius 2 is 1.19 bits per heavy atom. The first-order chi connectivity index (χ1) is 30.7. The summed E-state index contributed by atoms with van der Waals surface area (Å²) < 4.78 is 2.29. The zero-order chi connectivity index (χ0) is 41.0. The van der Waals surface area contributed by atoms with E-state index in [0.29, 0.717) is 5.92 Å². The van der Waals surface area contributed by atoms with Gasteiger partial charge in [0.25, 0.3) is 0 Å². The lowest BCUT2D eigenvalue weighted by atomic mass is 9.79. The molecule has 9 aromatic rings. The molecular formula is C60H42N2. The van der Waals surface area contributed by atoms with Crippen LogP contribution < -0.4 is 4.90 Å². The van der Waals surface area contributed by atoms with Crippen molar-refractivity contribution in [2.75, 3.05) is 4.90 Å². The Hall–Kier alpha value is -7.86. The number of nitrogens with zero attached hydrogens (tertiary/aromatic N) is 2. The lowest BCUT2D eigenvalue weighted by Gasteiger charge is -2.30. The van der Waals surface area contributed by atoms with Gasteiger partial charge in [-0.15, -0.1) is 0 Å². The summed E-state index contributed by atoms with van der Waals surface area (Å²) in [5, 5.41) is 2.47. The maximum absolute atomic E-state index is 3.32. The fourth-order valence-electron chi connectivity index (χ4n) is 10.2. The topological polar surface area (TPSA) is 8.17 Å². The predicted molar refractivity (Wildman–Crippen MR) is 258 cm³/mol. The molecule has 0 amide bonds. The minimum absolute atomic E-state index is 0.180. The largest absolute Gasteiger partial charge is 0.333 e. The van der Waals surface area contributed by atoms with Gasteiger partial charge in [-0.25, -0.2) is 0 Å². The summed E-state index contributed by atoms with van der Waals surface area (Å²) in [6.45, 7) is 0. The van der Waals surface area contributed by atoms with Crippen LogP contribution in [0.2, 0.25) is 0 Å². The number of fused-ring (bicyclic) bond motifs is 6. The Balaban J connectivity index is 0.912. The van der Waals surface area contributed by atoms with E-state index in [9.17, 15) is 0 Å². The molecule has 0 spiro atoms. The number of benzene rings is 7. The van der Waals surface area contributed by atoms with Crippen LogP contribution in [0.25, 0.3) is 55.3 Å². The molecule has 3 aliphatic rings. The van der Waals surface area contributed by atoms with Crippen LogP contribution in [0.3, 0.4) is 0 Å². The van der Waals surface area contributed by atoms with E-state index in [2.05, 4.69) is 234 Å². The fourth-order valence-corrected chi connectivity index (χ4v) is 10.2. The number of para-hydroxylation sites is 2. The molecule has 8 aromatic carbocycles. The van der Waals surface area contributed by atoms with Crippen LogP contribution in [0, 0.1) is 12.1 Å². The number of rotatable bonds is 7. The van der Waals surface area contributed by atoms with Crippen LogP contribution in [0.5, 0.6) is 0 Å². The highest BCUT2D eigenvalue weighted by atomic mass is 15.2. The van der Waals surface area contributed by atoms with Crippen molar-refractivity contribution >= 4 is 38.8 Å². The summed E-state index contributed by atoms with van der Waals surface area (Å²) in [4.78, 5) is 2.53. The van der Waals surface area contributed by atoms with E-state index >= 15 is 0 Å². The molecule has 292 valence electrons. The van der Waals surface area contributed by atoms with E-state index in [1.807, 2.05) is 12.1 Å². The normalized spacial score (nSPS) is 17.8. The number of allylic oxidation sites excluding steroid dienone is 6. The molecule has 0 N–H and O–H groups in total. The fraction of sp³-hybridized carbons (Fsp3) is 0.0667. The Bertz CT molecular complexity index is 3240. The van der Waals surface area contributed by atoms with Crippen LogP contribution in [0.15, 0.2) is 236 Å². The van der Waals surface area contributed by atoms with Crippen LogP contribution in [-0.4, -0.2) is 10.6 Å². The van der Waals surface area contributed by atoms with Gasteiger partial charge in [0, 0.05) is 34.0 Å². The molecule has 2 aliphatic carbocycles. The summed E-state index contributed by atoms with van der Waals surface area (Å²) in [7, 11) is 0. The highest BCUT2D eigenvalue weighted by Crippen LogP contribution is 2.51. The Morgan fingerprint density at radius 3 is 1.97 bits per heavy atom. The zero-order valence-electron chi connectivity index (χ0n) is 34.2. The molecule has 0 radical (unpaired) electrons. The number of aromatic nitrogens is 1. The minimum atomic E-state index is 0.180. The summed E-state index contributed by atoms with van der Waals surface area (Å²) in [6.07, 6.45) is 13.3. The Morgan fingerprint density at radius 1 is 0.516 bits per heavy atom. The quantitative estimate of drug-likeness (QED) is 0.156. The van der Waals surface area contributed by atoms with E-state index < -0.39 is 0 Å². The molecule has 0 fully saturated rings. The van der Waals surface area contributed by atoms with Crippen molar-refractivity contribution in [2.45, 2.75) is 24.3 Å². The van der Waals surface area contributed by atoms with E-state index in [0.717, 1.165) is 12.1 Å². The molecule has 0 bridgehead atoms. The van der Waals surface area contributed by atoms with Crippen LogP contribution >= 0.6 is 0 Å². The van der Waals surface area contributed by atoms with Gasteiger partial charge in [0.1, 0.15) is 0 Å². The van der Waals surface area contributed by atoms with Crippen molar-refractivity contribution in [1.82, 2.24) is 4.57 Å². The van der Waals surface area contributed by atoms with Crippen molar-refractivity contribution in [2.24, 2.45) is 0 Å². The smallest absolute Gasteiger partial charge is 0.0973 e. The van der Waals surface area contributed by atoms with Gasteiger partial charge in [0.2, 0.25) is 0 Å². The third-order valence-corrected chi connectivity index (χ3v) is 13.1. The van der Waals surface area contributed by atoms with Gasteiger partial charge in [0.15, 0.2) is 0 Å². The second-order valence-electron chi connectivity index (χ2n) is 16.7. The van der Waals surface area contributed by atoms with E-state index in [-0.39, 0.29) is 12.0 Å². The first-order valence-electron chi connectivity index (χ1n) is 21.7. The second kappa shape index (κ2) is 15.0. The molecule has 3 unspecified atom stereocenters. The molecule has 62 heavy (non-hydrogen) atoms. The highest BCUT2D eigenvalue weighted by Gasteiger charge is 2.39. The van der Waals surface area contributed by atoms with E-state index in [1.165, 1.54) is 88.8 Å². The van der Waals surface area contributed by atoms with Gasteiger partial charge < -0.3 is 9.47 Å². The summed E-state index contributed by atoms with van der Waals surface area (Å²) in [6, 6.07) is 77.1. The van der Waals surface area contributed by atoms with Gasteiger partial charge in [-0.05, 0) is 123 Å². The van der Waals surface area contributed by atoms with Gasteiger partial charge in [-0.3, -0.25) is 0 Å². The van der Waals surface area contributed by atoms with Gasteiger partial charge >= 0.3 is 0 Å².